The molecule has 4 nitrogen and oxygen atoms in total. The first-order chi connectivity index (χ1) is 14.3. The van der Waals surface area contributed by atoms with Gasteiger partial charge in [0.2, 0.25) is 11.8 Å². The van der Waals surface area contributed by atoms with Crippen molar-refractivity contribution in [2.24, 2.45) is 0 Å². The first-order valence-corrected chi connectivity index (χ1v) is 11.3. The number of likely N-dealkylation sites (N-methyl/N-ethyl adjacent to an activating group) is 1. The monoisotopic (exact) mass is 440 g/mol. The average Bonchev–Trinajstić information content (AvgIpc) is 3.09. The molecule has 30 heavy (non-hydrogen) atoms. The molecule has 1 fully saturated rings. The molecule has 0 spiro atoms. The number of halogens is 1. The Bertz CT molecular complexity index is 1110. The fourth-order valence-corrected chi connectivity index (χ4v) is 5.19. The van der Waals surface area contributed by atoms with Crippen molar-refractivity contribution in [2.45, 2.75) is 38.8 Å². The van der Waals surface area contributed by atoms with Crippen LogP contribution >= 0.6 is 22.9 Å². The van der Waals surface area contributed by atoms with Crippen molar-refractivity contribution in [3.8, 4) is 0 Å². The maximum absolute atomic E-state index is 13.2. The first-order valence-electron chi connectivity index (χ1n) is 10.0. The average molecular weight is 441 g/mol. The van der Waals surface area contributed by atoms with Gasteiger partial charge in [-0.2, -0.15) is 0 Å². The SMILES string of the molecule is Cc1ccc2scc(CC(=O)N3CCC3(C)C(=O)N(C)Cc3ccc(Cl)cc3)c2c1. The van der Waals surface area contributed by atoms with Crippen LogP contribution in [-0.4, -0.2) is 40.7 Å². The minimum atomic E-state index is -0.778. The van der Waals surface area contributed by atoms with E-state index in [1.807, 2.05) is 31.2 Å². The van der Waals surface area contributed by atoms with Gasteiger partial charge in [0.15, 0.2) is 0 Å². The molecule has 2 aromatic carbocycles. The smallest absolute Gasteiger partial charge is 0.248 e. The van der Waals surface area contributed by atoms with Gasteiger partial charge in [-0.15, -0.1) is 11.3 Å². The number of nitrogens with zero attached hydrogens (tertiary/aromatic N) is 2. The quantitative estimate of drug-likeness (QED) is 0.556. The largest absolute Gasteiger partial charge is 0.339 e. The van der Waals surface area contributed by atoms with Gasteiger partial charge in [0.25, 0.3) is 0 Å². The lowest BCUT2D eigenvalue weighted by Gasteiger charge is -2.50. The second-order valence-electron chi connectivity index (χ2n) is 8.29. The normalized spacial score (nSPS) is 18.3. The zero-order valence-corrected chi connectivity index (χ0v) is 19.0. The summed E-state index contributed by atoms with van der Waals surface area (Å²) in [6.45, 7) is 5.05. The van der Waals surface area contributed by atoms with Crippen LogP contribution in [0.5, 0.6) is 0 Å². The van der Waals surface area contributed by atoms with Crippen molar-refractivity contribution in [1.82, 2.24) is 9.80 Å². The summed E-state index contributed by atoms with van der Waals surface area (Å²) in [5, 5.41) is 3.88. The molecule has 0 N–H and O–H groups in total. The number of hydrogen-bond acceptors (Lipinski definition) is 3. The molecule has 0 radical (unpaired) electrons. The van der Waals surface area contributed by atoms with E-state index in [9.17, 15) is 9.59 Å². The summed E-state index contributed by atoms with van der Waals surface area (Å²) < 4.78 is 1.19. The number of hydrogen-bond donors (Lipinski definition) is 0. The van der Waals surface area contributed by atoms with Crippen LogP contribution in [-0.2, 0) is 22.6 Å². The fraction of sp³-hybridized carbons (Fsp3) is 0.333. The van der Waals surface area contributed by atoms with Crippen LogP contribution in [0.2, 0.25) is 5.02 Å². The molecule has 4 rings (SSSR count). The first kappa shape index (κ1) is 20.9. The molecule has 1 aliphatic rings. The van der Waals surface area contributed by atoms with Gasteiger partial charge in [-0.25, -0.2) is 0 Å². The Balaban J connectivity index is 1.46. The molecular formula is C24H25ClN2O2S. The summed E-state index contributed by atoms with van der Waals surface area (Å²) in [7, 11) is 1.79. The topological polar surface area (TPSA) is 40.6 Å². The minimum Gasteiger partial charge on any atom is -0.339 e. The molecule has 156 valence electrons. The molecule has 0 aliphatic carbocycles. The Morgan fingerprint density at radius 2 is 1.93 bits per heavy atom. The molecule has 0 bridgehead atoms. The number of aryl methyl sites for hydroxylation is 1. The Labute approximate surface area is 186 Å². The van der Waals surface area contributed by atoms with Crippen molar-refractivity contribution in [2.75, 3.05) is 13.6 Å². The summed E-state index contributed by atoms with van der Waals surface area (Å²) >= 11 is 7.61. The maximum Gasteiger partial charge on any atom is 0.248 e. The summed E-state index contributed by atoms with van der Waals surface area (Å²) in [6.07, 6.45) is 1.01. The van der Waals surface area contributed by atoms with E-state index in [1.165, 1.54) is 10.3 Å². The lowest BCUT2D eigenvalue weighted by atomic mass is 9.84. The minimum absolute atomic E-state index is 0.0122. The Hall–Kier alpha value is -2.37. The Kier molecular flexibility index (Phi) is 5.60. The number of carbonyl (C=O) groups is 2. The molecule has 2 heterocycles. The molecular weight excluding hydrogens is 416 g/mol. The molecule has 1 aliphatic heterocycles. The van der Waals surface area contributed by atoms with Crippen LogP contribution in [0.4, 0.5) is 0 Å². The van der Waals surface area contributed by atoms with Gasteiger partial charge < -0.3 is 9.80 Å². The molecule has 1 unspecified atom stereocenters. The van der Waals surface area contributed by atoms with Crippen LogP contribution < -0.4 is 0 Å². The Morgan fingerprint density at radius 1 is 1.20 bits per heavy atom. The lowest BCUT2D eigenvalue weighted by molar-refractivity contribution is -0.163. The highest BCUT2D eigenvalue weighted by Gasteiger charge is 2.50. The molecule has 1 aromatic heterocycles. The van der Waals surface area contributed by atoms with Crippen molar-refractivity contribution in [3.63, 3.8) is 0 Å². The third-order valence-corrected chi connectivity index (χ3v) is 7.27. The summed E-state index contributed by atoms with van der Waals surface area (Å²) in [4.78, 5) is 29.7. The number of likely N-dealkylation sites (tertiary alicyclic amines) is 1. The van der Waals surface area contributed by atoms with E-state index in [0.29, 0.717) is 31.0 Å². The van der Waals surface area contributed by atoms with E-state index in [-0.39, 0.29) is 11.8 Å². The van der Waals surface area contributed by atoms with E-state index in [0.717, 1.165) is 16.5 Å². The van der Waals surface area contributed by atoms with E-state index in [2.05, 4.69) is 30.5 Å². The van der Waals surface area contributed by atoms with Crippen LogP contribution in [0.25, 0.3) is 10.1 Å². The van der Waals surface area contributed by atoms with E-state index in [1.54, 1.807) is 28.2 Å². The van der Waals surface area contributed by atoms with Crippen molar-refractivity contribution in [3.05, 3.63) is 69.6 Å². The molecule has 3 aromatic rings. The molecule has 1 saturated heterocycles. The van der Waals surface area contributed by atoms with Crippen molar-refractivity contribution >= 4 is 44.8 Å². The highest BCUT2D eigenvalue weighted by atomic mass is 35.5. The van der Waals surface area contributed by atoms with Gasteiger partial charge in [-0.3, -0.25) is 9.59 Å². The molecule has 6 heteroatoms. The van der Waals surface area contributed by atoms with Gasteiger partial charge in [0.05, 0.1) is 6.42 Å². The maximum atomic E-state index is 13.2. The third kappa shape index (κ3) is 3.84. The predicted molar refractivity (Wildman–Crippen MR) is 123 cm³/mol. The molecule has 1 atom stereocenters. The highest BCUT2D eigenvalue weighted by Crippen LogP contribution is 2.34. The molecule has 2 amide bonds. The number of rotatable bonds is 5. The second-order valence-corrected chi connectivity index (χ2v) is 9.64. The van der Waals surface area contributed by atoms with Crippen molar-refractivity contribution in [1.29, 1.82) is 0 Å². The fourth-order valence-electron chi connectivity index (χ4n) is 4.12. The Morgan fingerprint density at radius 3 is 2.60 bits per heavy atom. The molecule has 0 saturated carbocycles. The summed E-state index contributed by atoms with van der Waals surface area (Å²) in [5.74, 6) is -0.0127. The zero-order valence-electron chi connectivity index (χ0n) is 17.4. The van der Waals surface area contributed by atoms with Crippen LogP contribution in [0.1, 0.15) is 30.0 Å². The number of fused-ring (bicyclic) bond motifs is 1. The van der Waals surface area contributed by atoms with Gasteiger partial charge in [-0.1, -0.05) is 41.4 Å². The van der Waals surface area contributed by atoms with Gasteiger partial charge >= 0.3 is 0 Å². The van der Waals surface area contributed by atoms with E-state index in [4.69, 9.17) is 11.6 Å². The van der Waals surface area contributed by atoms with Crippen LogP contribution in [0.15, 0.2) is 47.8 Å². The van der Waals surface area contributed by atoms with E-state index < -0.39 is 5.54 Å². The number of benzene rings is 2. The number of carbonyl (C=O) groups excluding carboxylic acids is 2. The standard InChI is InChI=1S/C24H25ClN2O2S/c1-16-4-9-21-20(12-16)18(15-30-21)13-22(28)27-11-10-24(27,2)23(29)26(3)14-17-5-7-19(25)8-6-17/h4-9,12,15H,10-11,13-14H2,1-3H3. The highest BCUT2D eigenvalue weighted by molar-refractivity contribution is 7.17. The van der Waals surface area contributed by atoms with Crippen LogP contribution in [0, 0.1) is 6.92 Å². The van der Waals surface area contributed by atoms with Gasteiger partial charge in [-0.05, 0) is 60.4 Å². The summed E-state index contributed by atoms with van der Waals surface area (Å²) in [5.41, 5.74) is 2.46. The third-order valence-electron chi connectivity index (χ3n) is 6.01. The van der Waals surface area contributed by atoms with Crippen molar-refractivity contribution < 1.29 is 9.59 Å². The van der Waals surface area contributed by atoms with Gasteiger partial charge in [0.1, 0.15) is 5.54 Å². The van der Waals surface area contributed by atoms with Gasteiger partial charge in [0, 0.05) is 29.9 Å². The number of amides is 2. The second kappa shape index (κ2) is 8.05. The zero-order chi connectivity index (χ0) is 21.5. The van der Waals surface area contributed by atoms with Crippen LogP contribution in [0.3, 0.4) is 0 Å². The van der Waals surface area contributed by atoms with E-state index >= 15 is 0 Å². The summed E-state index contributed by atoms with van der Waals surface area (Å²) in [6, 6.07) is 13.8. The number of thiophene rings is 1. The predicted octanol–water partition coefficient (Wildman–Crippen LogP) is 5.06. The lowest BCUT2D eigenvalue weighted by Crippen LogP contribution is -2.67.